The molecule has 0 fully saturated rings. The molecule has 0 saturated heterocycles. The monoisotopic (exact) mass is 123 g/mol. The van der Waals surface area contributed by atoms with Crippen molar-refractivity contribution in [2.24, 2.45) is 0 Å². The Labute approximate surface area is 48.2 Å². The van der Waals surface area contributed by atoms with Gasteiger partial charge in [-0.3, -0.25) is 0 Å². The third-order valence-corrected chi connectivity index (χ3v) is 0.931. The normalized spacial score (nSPS) is 10.5. The summed E-state index contributed by atoms with van der Waals surface area (Å²) in [6.07, 6.45) is 2.49. The Bertz CT molecular complexity index is 47.7. The van der Waals surface area contributed by atoms with Crippen LogP contribution < -0.4 is 0 Å². The SMILES string of the molecule is CCCCCN(F)F. The standard InChI is InChI=1S/C5H11F2N/c1-2-3-4-5-8(6)7/h2-5H2,1H3. The second kappa shape index (κ2) is 4.97. The molecular weight excluding hydrogens is 112 g/mol. The summed E-state index contributed by atoms with van der Waals surface area (Å²) in [5.41, 5.74) is 0. The highest BCUT2D eigenvalue weighted by Gasteiger charge is 1.95. The fourth-order valence-corrected chi connectivity index (χ4v) is 0.481. The third kappa shape index (κ3) is 5.82. The Morgan fingerprint density at radius 3 is 2.25 bits per heavy atom. The van der Waals surface area contributed by atoms with Gasteiger partial charge in [0.2, 0.25) is 0 Å². The molecule has 0 aliphatic carbocycles. The number of rotatable bonds is 4. The van der Waals surface area contributed by atoms with E-state index in [1.54, 1.807) is 0 Å². The summed E-state index contributed by atoms with van der Waals surface area (Å²) in [4.78, 5) is 0. The number of unbranched alkanes of at least 4 members (excludes halogenated alkanes) is 2. The summed E-state index contributed by atoms with van der Waals surface area (Å²) in [7, 11) is 0. The molecule has 0 aromatic heterocycles. The van der Waals surface area contributed by atoms with Crippen LogP contribution in [0.3, 0.4) is 0 Å². The average Bonchev–Trinajstić information content (AvgIpc) is 1.66. The quantitative estimate of drug-likeness (QED) is 0.409. The van der Waals surface area contributed by atoms with Crippen LogP contribution in [-0.2, 0) is 0 Å². The zero-order valence-electron chi connectivity index (χ0n) is 5.03. The minimum absolute atomic E-state index is 0.0894. The van der Waals surface area contributed by atoms with E-state index < -0.39 is 5.34 Å². The van der Waals surface area contributed by atoms with Crippen LogP contribution in [0.1, 0.15) is 26.2 Å². The maximum Gasteiger partial charge on any atom is 0.0620 e. The summed E-state index contributed by atoms with van der Waals surface area (Å²) in [6, 6.07) is 0. The first-order valence-electron chi connectivity index (χ1n) is 2.86. The molecule has 0 aliphatic heterocycles. The maximum absolute atomic E-state index is 11.2. The van der Waals surface area contributed by atoms with E-state index in [0.29, 0.717) is 6.42 Å². The molecule has 0 rings (SSSR count). The lowest BCUT2D eigenvalue weighted by atomic mass is 10.3. The van der Waals surface area contributed by atoms with Gasteiger partial charge in [0, 0.05) is 5.34 Å². The highest BCUT2D eigenvalue weighted by atomic mass is 19.4. The molecule has 0 bridgehead atoms. The van der Waals surface area contributed by atoms with Gasteiger partial charge >= 0.3 is 0 Å². The molecule has 8 heavy (non-hydrogen) atoms. The lowest BCUT2D eigenvalue weighted by molar-refractivity contribution is -0.153. The molecule has 0 saturated carbocycles. The topological polar surface area (TPSA) is 3.24 Å². The first-order valence-corrected chi connectivity index (χ1v) is 2.86. The minimum Gasteiger partial charge on any atom is -0.102 e. The molecule has 0 N–H and O–H groups in total. The van der Waals surface area contributed by atoms with Crippen LogP contribution in [0.15, 0.2) is 0 Å². The Morgan fingerprint density at radius 1 is 1.25 bits per heavy atom. The number of nitrogens with zero attached hydrogens (tertiary/aromatic N) is 1. The molecule has 1 nitrogen and oxygen atoms in total. The second-order valence-electron chi connectivity index (χ2n) is 1.73. The first-order chi connectivity index (χ1) is 3.77. The van der Waals surface area contributed by atoms with E-state index in [4.69, 9.17) is 0 Å². The molecule has 3 heteroatoms. The predicted octanol–water partition coefficient (Wildman–Crippen LogP) is 2.25. The van der Waals surface area contributed by atoms with Crippen LogP contribution in [0, 0.1) is 0 Å². The van der Waals surface area contributed by atoms with Gasteiger partial charge in [0.25, 0.3) is 0 Å². The highest BCUT2D eigenvalue weighted by molar-refractivity contribution is 4.36. The van der Waals surface area contributed by atoms with Gasteiger partial charge < -0.3 is 0 Å². The summed E-state index contributed by atoms with van der Waals surface area (Å²) < 4.78 is 22.4. The summed E-state index contributed by atoms with van der Waals surface area (Å²) in [5, 5.41) is -0.768. The molecule has 0 amide bonds. The second-order valence-corrected chi connectivity index (χ2v) is 1.73. The Hall–Kier alpha value is -0.180. The van der Waals surface area contributed by atoms with E-state index in [0.717, 1.165) is 12.8 Å². The van der Waals surface area contributed by atoms with E-state index in [2.05, 4.69) is 0 Å². The number of halogens is 2. The fraction of sp³-hybridized carbons (Fsp3) is 1.00. The van der Waals surface area contributed by atoms with Gasteiger partial charge in [-0.1, -0.05) is 19.8 Å². The summed E-state index contributed by atoms with van der Waals surface area (Å²) in [5.74, 6) is 0. The molecule has 0 aliphatic rings. The molecule has 0 spiro atoms. The Morgan fingerprint density at radius 2 is 1.88 bits per heavy atom. The van der Waals surface area contributed by atoms with E-state index in [9.17, 15) is 8.96 Å². The summed E-state index contributed by atoms with van der Waals surface area (Å²) in [6.45, 7) is 1.90. The van der Waals surface area contributed by atoms with E-state index in [1.165, 1.54) is 0 Å². The van der Waals surface area contributed by atoms with Crippen LogP contribution in [-0.4, -0.2) is 11.9 Å². The van der Waals surface area contributed by atoms with Crippen LogP contribution in [0.2, 0.25) is 0 Å². The van der Waals surface area contributed by atoms with Crippen molar-refractivity contribution in [1.29, 1.82) is 0 Å². The molecule has 0 heterocycles. The third-order valence-electron chi connectivity index (χ3n) is 0.931. The first kappa shape index (κ1) is 7.82. The van der Waals surface area contributed by atoms with Crippen LogP contribution in [0.4, 0.5) is 8.96 Å². The van der Waals surface area contributed by atoms with E-state index in [-0.39, 0.29) is 6.54 Å². The summed E-state index contributed by atoms with van der Waals surface area (Å²) >= 11 is 0. The number of hydrogen-bond acceptors (Lipinski definition) is 1. The van der Waals surface area contributed by atoms with Crippen molar-refractivity contribution in [3.63, 3.8) is 0 Å². The van der Waals surface area contributed by atoms with Crippen LogP contribution in [0.5, 0.6) is 0 Å². The lowest BCUT2D eigenvalue weighted by Gasteiger charge is -1.96. The van der Waals surface area contributed by atoms with Gasteiger partial charge in [0.15, 0.2) is 0 Å². The molecule has 0 aromatic carbocycles. The lowest BCUT2D eigenvalue weighted by Crippen LogP contribution is -2.01. The Kier molecular flexibility index (Phi) is 4.85. The van der Waals surface area contributed by atoms with Crippen molar-refractivity contribution < 1.29 is 8.96 Å². The van der Waals surface area contributed by atoms with E-state index in [1.807, 2.05) is 6.92 Å². The fourth-order valence-electron chi connectivity index (χ4n) is 0.481. The Balaban J connectivity index is 2.72. The molecular formula is C5H11F2N. The predicted molar refractivity (Wildman–Crippen MR) is 28.4 cm³/mol. The highest BCUT2D eigenvalue weighted by Crippen LogP contribution is 1.97. The molecule has 0 unspecified atom stereocenters. The van der Waals surface area contributed by atoms with Gasteiger partial charge in [-0.15, -0.1) is 8.96 Å². The van der Waals surface area contributed by atoms with Crippen molar-refractivity contribution in [1.82, 2.24) is 5.34 Å². The van der Waals surface area contributed by atoms with Gasteiger partial charge in [-0.25, -0.2) is 0 Å². The zero-order valence-corrected chi connectivity index (χ0v) is 5.03. The zero-order chi connectivity index (χ0) is 6.41. The molecule has 0 aromatic rings. The van der Waals surface area contributed by atoms with Gasteiger partial charge in [-0.2, -0.15) is 0 Å². The van der Waals surface area contributed by atoms with Crippen LogP contribution in [0.25, 0.3) is 0 Å². The van der Waals surface area contributed by atoms with Crippen molar-refractivity contribution >= 4 is 0 Å². The van der Waals surface area contributed by atoms with E-state index >= 15 is 0 Å². The number of hydrogen-bond donors (Lipinski definition) is 0. The molecule has 50 valence electrons. The minimum atomic E-state index is -0.768. The van der Waals surface area contributed by atoms with Crippen molar-refractivity contribution in [2.75, 3.05) is 6.54 Å². The largest absolute Gasteiger partial charge is 0.102 e. The smallest absolute Gasteiger partial charge is 0.0620 e. The van der Waals surface area contributed by atoms with Crippen LogP contribution >= 0.6 is 0 Å². The van der Waals surface area contributed by atoms with Gasteiger partial charge in [0.05, 0.1) is 6.54 Å². The van der Waals surface area contributed by atoms with Gasteiger partial charge in [-0.05, 0) is 6.42 Å². The van der Waals surface area contributed by atoms with Crippen molar-refractivity contribution in [3.05, 3.63) is 0 Å². The maximum atomic E-state index is 11.2. The molecule has 0 radical (unpaired) electrons. The van der Waals surface area contributed by atoms with Crippen molar-refractivity contribution in [3.8, 4) is 0 Å². The molecule has 0 atom stereocenters. The van der Waals surface area contributed by atoms with Crippen molar-refractivity contribution in [2.45, 2.75) is 26.2 Å². The van der Waals surface area contributed by atoms with Gasteiger partial charge in [0.1, 0.15) is 0 Å². The average molecular weight is 123 g/mol.